The average Bonchev–Trinajstić information content (AvgIpc) is 3.32. The fourth-order valence-corrected chi connectivity index (χ4v) is 5.84. The molecule has 3 aliphatic rings. The van der Waals surface area contributed by atoms with Gasteiger partial charge in [-0.2, -0.15) is 18.4 Å². The van der Waals surface area contributed by atoms with Gasteiger partial charge in [0, 0.05) is 18.7 Å². The van der Waals surface area contributed by atoms with Crippen LogP contribution in [0.1, 0.15) is 34.5 Å². The van der Waals surface area contributed by atoms with Crippen molar-refractivity contribution in [1.29, 1.82) is 5.26 Å². The lowest BCUT2D eigenvalue weighted by molar-refractivity contribution is -0.138. The van der Waals surface area contributed by atoms with Crippen molar-refractivity contribution in [2.24, 2.45) is 11.8 Å². The fraction of sp³-hybridized carbons (Fsp3) is 0.292. The molecular formula is C24H17F4N5O2S. The van der Waals surface area contributed by atoms with Gasteiger partial charge in [0.1, 0.15) is 17.4 Å². The van der Waals surface area contributed by atoms with Gasteiger partial charge in [0.2, 0.25) is 0 Å². The Balaban J connectivity index is 1.64. The van der Waals surface area contributed by atoms with Gasteiger partial charge in [-0.15, -0.1) is 0 Å². The fourth-order valence-electron chi connectivity index (χ4n) is 5.38. The van der Waals surface area contributed by atoms with Gasteiger partial charge in [-0.05, 0) is 55.2 Å². The minimum absolute atomic E-state index is 0.0685. The molecule has 1 aromatic carbocycles. The molecule has 184 valence electrons. The van der Waals surface area contributed by atoms with Crippen molar-refractivity contribution in [1.82, 2.24) is 10.3 Å². The Kier molecular flexibility index (Phi) is 5.37. The molecular weight excluding hydrogens is 498 g/mol. The largest absolute Gasteiger partial charge is 0.419 e. The van der Waals surface area contributed by atoms with Gasteiger partial charge >= 0.3 is 6.18 Å². The number of fused-ring (bicyclic) bond motifs is 2. The number of carbonyl (C=O) groups excluding carboxylic acids is 2. The third-order valence-electron chi connectivity index (χ3n) is 7.03. The minimum Gasteiger partial charge on any atom is -0.355 e. The number of pyridine rings is 1. The van der Waals surface area contributed by atoms with Crippen LogP contribution in [-0.2, 0) is 11.0 Å². The van der Waals surface area contributed by atoms with Crippen LogP contribution in [0.2, 0.25) is 0 Å². The van der Waals surface area contributed by atoms with Crippen LogP contribution in [0.5, 0.6) is 0 Å². The molecule has 1 aliphatic heterocycles. The molecule has 2 heterocycles. The van der Waals surface area contributed by atoms with Crippen LogP contribution in [0.4, 0.5) is 28.9 Å². The predicted molar refractivity (Wildman–Crippen MR) is 124 cm³/mol. The van der Waals surface area contributed by atoms with Gasteiger partial charge in [0.25, 0.3) is 11.8 Å². The van der Waals surface area contributed by atoms with E-state index in [-0.39, 0.29) is 33.9 Å². The number of benzene rings is 1. The second kappa shape index (κ2) is 8.09. The van der Waals surface area contributed by atoms with E-state index in [4.69, 9.17) is 17.5 Å². The number of aromatic nitrogens is 1. The van der Waals surface area contributed by atoms with Crippen molar-refractivity contribution in [3.63, 3.8) is 0 Å². The molecule has 2 unspecified atom stereocenters. The van der Waals surface area contributed by atoms with Crippen molar-refractivity contribution in [3.05, 3.63) is 65.3 Å². The van der Waals surface area contributed by atoms with Crippen molar-refractivity contribution in [2.45, 2.75) is 24.6 Å². The third-order valence-corrected chi connectivity index (χ3v) is 7.40. The monoisotopic (exact) mass is 515 g/mol. The standard InChI is InChI=1S/C24H17F4N5O2S/c1-30-20(34)15-6-5-13(8-18(15)25)33-22(36)32(21(35)23(33)9-12-3-2-4-16(12)23)14-7-17(24(26,27)28)19(10-29)31-11-14/h2-3,5-8,11-12,16H,4,9H2,1H3,(H,30,34)/t12?,16?,23-/m1/s1. The zero-order chi connectivity index (χ0) is 26.0. The number of alkyl halides is 3. The van der Waals surface area contributed by atoms with Crippen LogP contribution < -0.4 is 15.1 Å². The molecule has 12 heteroatoms. The lowest BCUT2D eigenvalue weighted by atomic mass is 9.59. The first kappa shape index (κ1) is 23.9. The van der Waals surface area contributed by atoms with Gasteiger partial charge in [-0.3, -0.25) is 14.5 Å². The summed E-state index contributed by atoms with van der Waals surface area (Å²) in [6, 6.07) is 5.88. The highest BCUT2D eigenvalue weighted by atomic mass is 32.1. The topological polar surface area (TPSA) is 89.3 Å². The molecule has 1 saturated carbocycles. The van der Waals surface area contributed by atoms with E-state index >= 15 is 0 Å². The van der Waals surface area contributed by atoms with E-state index < -0.39 is 40.6 Å². The van der Waals surface area contributed by atoms with Gasteiger partial charge < -0.3 is 10.2 Å². The lowest BCUT2D eigenvalue weighted by Gasteiger charge is -2.52. The summed E-state index contributed by atoms with van der Waals surface area (Å²) in [6.07, 6.45) is 0.897. The summed E-state index contributed by atoms with van der Waals surface area (Å²) in [5, 5.41) is 11.3. The highest BCUT2D eigenvalue weighted by molar-refractivity contribution is 7.81. The molecule has 1 saturated heterocycles. The lowest BCUT2D eigenvalue weighted by Crippen LogP contribution is -2.65. The van der Waals surface area contributed by atoms with Crippen molar-refractivity contribution in [3.8, 4) is 6.07 Å². The summed E-state index contributed by atoms with van der Waals surface area (Å²) >= 11 is 5.60. The molecule has 3 atom stereocenters. The number of hydrogen-bond donors (Lipinski definition) is 1. The Morgan fingerprint density at radius 1 is 1.31 bits per heavy atom. The number of thiocarbonyl (C=S) groups is 1. The maximum atomic E-state index is 14.9. The Hall–Kier alpha value is -3.85. The molecule has 7 nitrogen and oxygen atoms in total. The molecule has 5 rings (SSSR count). The molecule has 2 aromatic rings. The first-order valence-electron chi connectivity index (χ1n) is 10.9. The van der Waals surface area contributed by atoms with E-state index in [1.807, 2.05) is 12.2 Å². The minimum atomic E-state index is -4.88. The molecule has 0 radical (unpaired) electrons. The highest BCUT2D eigenvalue weighted by Crippen LogP contribution is 2.58. The summed E-state index contributed by atoms with van der Waals surface area (Å²) in [6.45, 7) is 0. The quantitative estimate of drug-likeness (QED) is 0.379. The number of carbonyl (C=O) groups is 2. The average molecular weight is 515 g/mol. The van der Waals surface area contributed by atoms with E-state index in [9.17, 15) is 27.2 Å². The summed E-state index contributed by atoms with van der Waals surface area (Å²) in [5.74, 6) is -2.17. The van der Waals surface area contributed by atoms with Crippen LogP contribution in [-0.4, -0.2) is 34.5 Å². The number of halogens is 4. The number of allylic oxidation sites excluding steroid dienone is 2. The summed E-state index contributed by atoms with van der Waals surface area (Å²) in [5.41, 5.74) is -3.60. The second-order valence-electron chi connectivity index (χ2n) is 8.76. The molecule has 1 spiro atoms. The van der Waals surface area contributed by atoms with E-state index in [1.165, 1.54) is 30.1 Å². The number of nitrogens with zero attached hydrogens (tertiary/aromatic N) is 4. The van der Waals surface area contributed by atoms with Crippen molar-refractivity contribution >= 4 is 40.5 Å². The molecule has 36 heavy (non-hydrogen) atoms. The smallest absolute Gasteiger partial charge is 0.355 e. The number of rotatable bonds is 3. The maximum absolute atomic E-state index is 14.9. The maximum Gasteiger partial charge on any atom is 0.419 e. The van der Waals surface area contributed by atoms with E-state index in [2.05, 4.69) is 10.3 Å². The van der Waals surface area contributed by atoms with Crippen LogP contribution in [0.25, 0.3) is 0 Å². The van der Waals surface area contributed by atoms with Gasteiger partial charge in [0.15, 0.2) is 10.8 Å². The van der Waals surface area contributed by atoms with Crippen LogP contribution in [0, 0.1) is 29.0 Å². The highest BCUT2D eigenvalue weighted by Gasteiger charge is 2.68. The Morgan fingerprint density at radius 3 is 2.67 bits per heavy atom. The van der Waals surface area contributed by atoms with Gasteiger partial charge in [-0.1, -0.05) is 12.2 Å². The van der Waals surface area contributed by atoms with Crippen molar-refractivity contribution in [2.75, 3.05) is 16.8 Å². The predicted octanol–water partition coefficient (Wildman–Crippen LogP) is 3.94. The molecule has 0 bridgehead atoms. The van der Waals surface area contributed by atoms with E-state index in [0.717, 1.165) is 17.2 Å². The summed E-state index contributed by atoms with van der Waals surface area (Å²) < 4.78 is 55.7. The number of anilines is 2. The molecule has 2 amide bonds. The van der Waals surface area contributed by atoms with Crippen LogP contribution in [0.15, 0.2) is 42.6 Å². The van der Waals surface area contributed by atoms with Crippen LogP contribution >= 0.6 is 12.2 Å². The third kappa shape index (κ3) is 3.22. The zero-order valence-corrected chi connectivity index (χ0v) is 19.5. The second-order valence-corrected chi connectivity index (χ2v) is 9.13. The number of nitriles is 1. The van der Waals surface area contributed by atoms with Gasteiger partial charge in [-0.25, -0.2) is 9.37 Å². The van der Waals surface area contributed by atoms with Gasteiger partial charge in [0.05, 0.1) is 23.0 Å². The zero-order valence-electron chi connectivity index (χ0n) is 18.6. The van der Waals surface area contributed by atoms with E-state index in [1.54, 1.807) is 0 Å². The number of hydrogen-bond acceptors (Lipinski definition) is 5. The van der Waals surface area contributed by atoms with Crippen LogP contribution in [0.3, 0.4) is 0 Å². The summed E-state index contributed by atoms with van der Waals surface area (Å²) in [7, 11) is 1.36. The number of amides is 2. The first-order valence-corrected chi connectivity index (χ1v) is 11.3. The SMILES string of the molecule is CNC(=O)c1ccc(N2C(=S)N(c3cnc(C#N)c(C(F)(F)F)c3)C(=O)[C@]23CC2C=CCC23)cc1F. The normalized spacial score (nSPS) is 24.7. The Bertz CT molecular complexity index is 1400. The van der Waals surface area contributed by atoms with Crippen molar-refractivity contribution < 1.29 is 27.2 Å². The Morgan fingerprint density at radius 2 is 2.06 bits per heavy atom. The molecule has 2 aliphatic carbocycles. The van der Waals surface area contributed by atoms with E-state index in [0.29, 0.717) is 18.9 Å². The first-order chi connectivity index (χ1) is 17.0. The Labute approximate surface area is 208 Å². The molecule has 1 aromatic heterocycles. The molecule has 2 fully saturated rings. The molecule has 1 N–H and O–H groups in total. The number of nitrogens with one attached hydrogen (secondary N) is 1. The summed E-state index contributed by atoms with van der Waals surface area (Å²) in [4.78, 5) is 31.9.